The summed E-state index contributed by atoms with van der Waals surface area (Å²) in [4.78, 5) is 24.8. The number of amides is 1. The van der Waals surface area contributed by atoms with Crippen molar-refractivity contribution >= 4 is 11.9 Å². The predicted octanol–water partition coefficient (Wildman–Crippen LogP) is 1.35. The van der Waals surface area contributed by atoms with E-state index in [0.717, 1.165) is 12.8 Å². The molecule has 18 heavy (non-hydrogen) atoms. The number of hydrogen-bond donors (Lipinski definition) is 2. The summed E-state index contributed by atoms with van der Waals surface area (Å²) >= 11 is 0. The topological polar surface area (TPSA) is 77.8 Å². The molecule has 2 atom stereocenters. The van der Waals surface area contributed by atoms with E-state index < -0.39 is 17.8 Å². The number of carboxylic acids is 1. The molecule has 0 radical (unpaired) electrons. The molecule has 1 amide bonds. The van der Waals surface area contributed by atoms with Crippen LogP contribution < -0.4 is 0 Å². The van der Waals surface area contributed by atoms with Gasteiger partial charge in [-0.2, -0.15) is 0 Å². The molecule has 0 aliphatic carbocycles. The van der Waals surface area contributed by atoms with Gasteiger partial charge in [0, 0.05) is 18.5 Å². The highest BCUT2D eigenvalue weighted by Gasteiger charge is 2.31. The number of carboxylic acid groups (broad SMARTS) is 1. The monoisotopic (exact) mass is 259 g/mol. The van der Waals surface area contributed by atoms with Crippen molar-refractivity contribution in [3.05, 3.63) is 0 Å². The Morgan fingerprint density at radius 2 is 1.61 bits per heavy atom. The Kier molecular flexibility index (Phi) is 7.59. The van der Waals surface area contributed by atoms with Crippen LogP contribution in [0.25, 0.3) is 0 Å². The van der Waals surface area contributed by atoms with Gasteiger partial charge in [0.2, 0.25) is 5.91 Å². The van der Waals surface area contributed by atoms with Crippen LogP contribution in [-0.4, -0.2) is 46.2 Å². The molecule has 0 aromatic carbocycles. The zero-order chi connectivity index (χ0) is 14.3. The van der Waals surface area contributed by atoms with Crippen LogP contribution in [0.15, 0.2) is 0 Å². The van der Waals surface area contributed by atoms with Gasteiger partial charge in [0.25, 0.3) is 0 Å². The Morgan fingerprint density at radius 3 is 1.94 bits per heavy atom. The largest absolute Gasteiger partial charge is 0.481 e. The first-order chi connectivity index (χ1) is 8.40. The molecular weight excluding hydrogens is 234 g/mol. The highest BCUT2D eigenvalue weighted by Crippen LogP contribution is 2.18. The summed E-state index contributed by atoms with van der Waals surface area (Å²) in [5.74, 6) is -2.44. The van der Waals surface area contributed by atoms with Crippen molar-refractivity contribution in [1.82, 2.24) is 4.90 Å². The lowest BCUT2D eigenvalue weighted by atomic mass is 9.93. The van der Waals surface area contributed by atoms with Crippen molar-refractivity contribution in [2.24, 2.45) is 11.8 Å². The summed E-state index contributed by atoms with van der Waals surface area (Å²) in [5.41, 5.74) is 0. The SMILES string of the molecule is CCC(CC)N(CCO)C(=O)C(C)C(C)C(=O)O. The van der Waals surface area contributed by atoms with Crippen LogP contribution in [0.4, 0.5) is 0 Å². The van der Waals surface area contributed by atoms with Crippen LogP contribution in [0.3, 0.4) is 0 Å². The molecule has 2 N–H and O–H groups in total. The molecule has 106 valence electrons. The van der Waals surface area contributed by atoms with Crippen molar-refractivity contribution in [2.75, 3.05) is 13.2 Å². The maximum Gasteiger partial charge on any atom is 0.307 e. The van der Waals surface area contributed by atoms with Crippen LogP contribution in [-0.2, 0) is 9.59 Å². The minimum Gasteiger partial charge on any atom is -0.481 e. The average molecular weight is 259 g/mol. The van der Waals surface area contributed by atoms with Gasteiger partial charge >= 0.3 is 5.97 Å². The van der Waals surface area contributed by atoms with Gasteiger partial charge in [-0.15, -0.1) is 0 Å². The third-order valence-electron chi connectivity index (χ3n) is 3.54. The molecule has 0 heterocycles. The molecule has 0 bridgehead atoms. The van der Waals surface area contributed by atoms with E-state index in [1.807, 2.05) is 13.8 Å². The van der Waals surface area contributed by atoms with Gasteiger partial charge in [0.05, 0.1) is 12.5 Å². The van der Waals surface area contributed by atoms with Crippen LogP contribution in [0.1, 0.15) is 40.5 Å². The Balaban J connectivity index is 4.89. The van der Waals surface area contributed by atoms with Crippen molar-refractivity contribution in [3.63, 3.8) is 0 Å². The van der Waals surface area contributed by atoms with Crippen molar-refractivity contribution in [3.8, 4) is 0 Å². The summed E-state index contributed by atoms with van der Waals surface area (Å²) < 4.78 is 0. The number of hydrogen-bond acceptors (Lipinski definition) is 3. The Hall–Kier alpha value is -1.10. The van der Waals surface area contributed by atoms with Gasteiger partial charge < -0.3 is 15.1 Å². The summed E-state index contributed by atoms with van der Waals surface area (Å²) in [7, 11) is 0. The fourth-order valence-corrected chi connectivity index (χ4v) is 2.00. The zero-order valence-electron chi connectivity index (χ0n) is 11.7. The fraction of sp³-hybridized carbons (Fsp3) is 0.846. The van der Waals surface area contributed by atoms with Crippen molar-refractivity contribution in [2.45, 2.75) is 46.6 Å². The number of aliphatic carboxylic acids is 1. The van der Waals surface area contributed by atoms with Gasteiger partial charge in [-0.3, -0.25) is 9.59 Å². The highest BCUT2D eigenvalue weighted by atomic mass is 16.4. The van der Waals surface area contributed by atoms with E-state index in [1.54, 1.807) is 11.8 Å². The minimum absolute atomic E-state index is 0.0631. The van der Waals surface area contributed by atoms with Crippen molar-refractivity contribution < 1.29 is 19.8 Å². The predicted molar refractivity (Wildman–Crippen MR) is 69.1 cm³/mol. The number of aliphatic hydroxyl groups is 1. The maximum atomic E-state index is 12.3. The van der Waals surface area contributed by atoms with E-state index in [1.165, 1.54) is 6.92 Å². The molecule has 2 unspecified atom stereocenters. The maximum absolute atomic E-state index is 12.3. The third-order valence-corrected chi connectivity index (χ3v) is 3.54. The second-order valence-electron chi connectivity index (χ2n) is 4.64. The van der Waals surface area contributed by atoms with Gasteiger partial charge in [-0.1, -0.05) is 27.7 Å². The molecule has 5 heteroatoms. The lowest BCUT2D eigenvalue weighted by Gasteiger charge is -2.33. The molecule has 0 saturated carbocycles. The van der Waals surface area contributed by atoms with Crippen LogP contribution >= 0.6 is 0 Å². The average Bonchev–Trinajstić information content (AvgIpc) is 2.36. The quantitative estimate of drug-likeness (QED) is 0.690. The standard InChI is InChI=1S/C13H25NO4/c1-5-11(6-2)14(7-8-15)12(16)9(3)10(4)13(17)18/h9-11,15H,5-8H2,1-4H3,(H,17,18). The normalized spacial score (nSPS) is 14.3. The lowest BCUT2D eigenvalue weighted by Crippen LogP contribution is -2.46. The minimum atomic E-state index is -0.968. The Morgan fingerprint density at radius 1 is 1.11 bits per heavy atom. The van der Waals surface area contributed by atoms with E-state index >= 15 is 0 Å². The van der Waals surface area contributed by atoms with E-state index in [0.29, 0.717) is 0 Å². The van der Waals surface area contributed by atoms with Gasteiger partial charge in [0.15, 0.2) is 0 Å². The number of aliphatic hydroxyl groups excluding tert-OH is 1. The second-order valence-corrected chi connectivity index (χ2v) is 4.64. The first kappa shape index (κ1) is 16.9. The number of carbonyl (C=O) groups is 2. The number of nitrogens with zero attached hydrogens (tertiary/aromatic N) is 1. The first-order valence-corrected chi connectivity index (χ1v) is 6.54. The van der Waals surface area contributed by atoms with Gasteiger partial charge in [-0.25, -0.2) is 0 Å². The molecule has 0 aromatic heterocycles. The number of carbonyl (C=O) groups excluding carboxylic acids is 1. The second kappa shape index (κ2) is 8.08. The van der Waals surface area contributed by atoms with Crippen LogP contribution in [0.5, 0.6) is 0 Å². The van der Waals surface area contributed by atoms with Crippen LogP contribution in [0.2, 0.25) is 0 Å². The molecule has 0 aromatic rings. The van der Waals surface area contributed by atoms with Crippen LogP contribution in [0, 0.1) is 11.8 Å². The lowest BCUT2D eigenvalue weighted by molar-refractivity contribution is -0.150. The molecule has 0 fully saturated rings. The third kappa shape index (κ3) is 4.29. The molecule has 0 spiro atoms. The first-order valence-electron chi connectivity index (χ1n) is 6.54. The molecule has 0 aliphatic rings. The van der Waals surface area contributed by atoms with Crippen molar-refractivity contribution in [1.29, 1.82) is 0 Å². The van der Waals surface area contributed by atoms with E-state index in [2.05, 4.69) is 0 Å². The Bertz CT molecular complexity index is 276. The smallest absolute Gasteiger partial charge is 0.307 e. The molecule has 0 rings (SSSR count). The molecular formula is C13H25NO4. The summed E-state index contributed by atoms with van der Waals surface area (Å²) in [6.07, 6.45) is 1.60. The molecule has 0 saturated heterocycles. The summed E-state index contributed by atoms with van der Waals surface area (Å²) in [6, 6.07) is 0.0631. The molecule has 0 aliphatic heterocycles. The Labute approximate surface area is 109 Å². The summed E-state index contributed by atoms with van der Waals surface area (Å²) in [5, 5.41) is 18.0. The van der Waals surface area contributed by atoms with E-state index in [-0.39, 0.29) is 25.1 Å². The van der Waals surface area contributed by atoms with E-state index in [4.69, 9.17) is 10.2 Å². The zero-order valence-corrected chi connectivity index (χ0v) is 11.7. The van der Waals surface area contributed by atoms with Gasteiger partial charge in [0.1, 0.15) is 0 Å². The fourth-order valence-electron chi connectivity index (χ4n) is 2.00. The van der Waals surface area contributed by atoms with E-state index in [9.17, 15) is 9.59 Å². The highest BCUT2D eigenvalue weighted by molar-refractivity contribution is 5.84. The van der Waals surface area contributed by atoms with Gasteiger partial charge in [-0.05, 0) is 12.8 Å². The summed E-state index contributed by atoms with van der Waals surface area (Å²) in [6.45, 7) is 7.30. The number of rotatable bonds is 8. The molecule has 5 nitrogen and oxygen atoms in total.